The number of aryl methyl sites for hydroxylation is 1. The van der Waals surface area contributed by atoms with Crippen molar-refractivity contribution in [3.05, 3.63) is 106 Å². The Morgan fingerprint density at radius 3 is 2.39 bits per heavy atom. The maximum absolute atomic E-state index is 12.9. The number of rotatable bonds is 5. The number of hydrogen-bond acceptors (Lipinski definition) is 5. The summed E-state index contributed by atoms with van der Waals surface area (Å²) < 4.78 is 14.4. The Morgan fingerprint density at radius 2 is 1.72 bits per heavy atom. The summed E-state index contributed by atoms with van der Waals surface area (Å²) >= 11 is 0. The van der Waals surface area contributed by atoms with E-state index in [-0.39, 0.29) is 11.3 Å². The van der Waals surface area contributed by atoms with Crippen molar-refractivity contribution in [1.82, 2.24) is 4.57 Å². The van der Waals surface area contributed by atoms with Crippen molar-refractivity contribution in [1.29, 1.82) is 0 Å². The molecule has 5 rings (SSSR count). The molecular weight excluding hydrogens is 469 g/mol. The van der Waals surface area contributed by atoms with Gasteiger partial charge < -0.3 is 20.0 Å². The van der Waals surface area contributed by atoms with E-state index in [1.807, 2.05) is 60.8 Å². The third kappa shape index (κ3) is 4.02. The van der Waals surface area contributed by atoms with Gasteiger partial charge in [0.2, 0.25) is 0 Å². The molecule has 0 saturated carbocycles. The summed E-state index contributed by atoms with van der Waals surface area (Å²) in [6.07, 6.45) is 4.23. The highest BCUT2D eigenvalue weighted by molar-refractivity contribution is 7.70. The minimum Gasteiger partial charge on any atom is -0.508 e. The highest BCUT2D eigenvalue weighted by Gasteiger charge is 2.35. The molecule has 4 aromatic rings. The fourth-order valence-electron chi connectivity index (χ4n) is 4.82. The van der Waals surface area contributed by atoms with Gasteiger partial charge >= 0.3 is 0 Å². The van der Waals surface area contributed by atoms with Crippen LogP contribution in [0, 0.1) is 0 Å². The van der Waals surface area contributed by atoms with Crippen molar-refractivity contribution in [3.8, 4) is 16.9 Å². The number of phenolic OH excluding ortho intramolecular Hbond substituents is 1. The van der Waals surface area contributed by atoms with Gasteiger partial charge in [0, 0.05) is 42.6 Å². The minimum absolute atomic E-state index is 0.128. The van der Waals surface area contributed by atoms with E-state index >= 15 is 0 Å². The van der Waals surface area contributed by atoms with Crippen LogP contribution >= 0.6 is 7.14 Å². The summed E-state index contributed by atoms with van der Waals surface area (Å²) in [6, 6.07) is 22.0. The molecule has 182 valence electrons. The lowest BCUT2D eigenvalue weighted by atomic mass is 9.76. The molecule has 1 atom stereocenters. The Morgan fingerprint density at radius 1 is 1.00 bits per heavy atom. The standard InChI is InChI=1S/C29H28N3O3P/c1-32-27-12-9-21(29(30,22-13-14-31-18-22)20-7-10-23(33)11-8-20)16-26(27)25(17-28(32)34)19-5-4-6-24(15-19)36(2,3)35/h4-12,14-18,33H,13,30H2,1-3H3. The SMILES string of the molecule is Cn1c(=O)cc(-c2cccc(P(C)(C)=O)c2)c2cc(C(N)(C3=CN=CC3)c3ccc(O)cc3)ccc21. The zero-order valence-electron chi connectivity index (χ0n) is 20.5. The van der Waals surface area contributed by atoms with Gasteiger partial charge in [-0.15, -0.1) is 0 Å². The lowest BCUT2D eigenvalue weighted by Crippen LogP contribution is -2.40. The van der Waals surface area contributed by atoms with Crippen LogP contribution in [-0.2, 0) is 17.2 Å². The third-order valence-electron chi connectivity index (χ3n) is 6.96. The van der Waals surface area contributed by atoms with Crippen molar-refractivity contribution >= 4 is 29.6 Å². The normalized spacial score (nSPS) is 15.2. The van der Waals surface area contributed by atoms with Crippen LogP contribution < -0.4 is 16.6 Å². The number of aromatic hydroxyl groups is 1. The van der Waals surface area contributed by atoms with Gasteiger partial charge in [-0.25, -0.2) is 0 Å². The summed E-state index contributed by atoms with van der Waals surface area (Å²) in [5, 5.41) is 11.5. The third-order valence-corrected chi connectivity index (χ3v) is 8.48. The van der Waals surface area contributed by atoms with Gasteiger partial charge in [-0.3, -0.25) is 9.79 Å². The molecule has 3 N–H and O–H groups in total. The predicted octanol–water partition coefficient (Wildman–Crippen LogP) is 4.72. The minimum atomic E-state index is -2.49. The Labute approximate surface area is 209 Å². The molecule has 0 bridgehead atoms. The molecule has 0 aliphatic carbocycles. The number of hydrogen-bond donors (Lipinski definition) is 2. The zero-order valence-corrected chi connectivity index (χ0v) is 21.4. The van der Waals surface area contributed by atoms with Crippen LogP contribution in [0.1, 0.15) is 17.5 Å². The zero-order chi connectivity index (χ0) is 25.7. The fraction of sp³-hybridized carbons (Fsp3) is 0.172. The van der Waals surface area contributed by atoms with E-state index in [0.717, 1.165) is 44.0 Å². The monoisotopic (exact) mass is 497 g/mol. The highest BCUT2D eigenvalue weighted by Crippen LogP contribution is 2.40. The molecule has 6 nitrogen and oxygen atoms in total. The summed E-state index contributed by atoms with van der Waals surface area (Å²) in [4.78, 5) is 17.2. The second-order valence-corrected chi connectivity index (χ2v) is 12.9. The number of phenols is 1. The van der Waals surface area contributed by atoms with E-state index in [1.165, 1.54) is 0 Å². The van der Waals surface area contributed by atoms with Crippen LogP contribution in [0.2, 0.25) is 0 Å². The van der Waals surface area contributed by atoms with Gasteiger partial charge in [0.05, 0.1) is 11.1 Å². The molecule has 1 unspecified atom stereocenters. The number of aromatic nitrogens is 1. The average Bonchev–Trinajstić information content (AvgIpc) is 3.41. The summed E-state index contributed by atoms with van der Waals surface area (Å²) in [5.41, 5.74) is 11.0. The number of benzene rings is 3. The second-order valence-electron chi connectivity index (χ2n) is 9.63. The molecule has 0 radical (unpaired) electrons. The van der Waals surface area contributed by atoms with E-state index in [2.05, 4.69) is 4.99 Å². The van der Waals surface area contributed by atoms with Gasteiger partial charge in [-0.05, 0) is 71.5 Å². The molecule has 0 spiro atoms. The van der Waals surface area contributed by atoms with Crippen LogP contribution in [0.25, 0.3) is 22.0 Å². The van der Waals surface area contributed by atoms with Gasteiger partial charge in [0.1, 0.15) is 12.9 Å². The number of fused-ring (bicyclic) bond motifs is 1. The summed E-state index contributed by atoms with van der Waals surface area (Å²) in [7, 11) is -0.737. The smallest absolute Gasteiger partial charge is 0.251 e. The van der Waals surface area contributed by atoms with Crippen molar-refractivity contribution in [2.45, 2.75) is 12.0 Å². The van der Waals surface area contributed by atoms with Crippen LogP contribution in [0.15, 0.2) is 94.4 Å². The lowest BCUT2D eigenvalue weighted by Gasteiger charge is -2.32. The molecule has 7 heteroatoms. The molecule has 0 saturated heterocycles. The summed E-state index contributed by atoms with van der Waals surface area (Å²) in [5.74, 6) is 0.164. The number of aliphatic imine (C=N–C) groups is 1. The molecular formula is C29H28N3O3P. The topological polar surface area (TPSA) is 97.7 Å². The van der Waals surface area contributed by atoms with Crippen LogP contribution in [0.3, 0.4) is 0 Å². The van der Waals surface area contributed by atoms with Gasteiger partial charge in [0.15, 0.2) is 0 Å². The first-order chi connectivity index (χ1) is 17.1. The molecule has 1 aliphatic rings. The highest BCUT2D eigenvalue weighted by atomic mass is 31.2. The Kier molecular flexibility index (Phi) is 5.82. The van der Waals surface area contributed by atoms with E-state index in [4.69, 9.17) is 5.73 Å². The molecule has 3 aromatic carbocycles. The maximum atomic E-state index is 12.9. The lowest BCUT2D eigenvalue weighted by molar-refractivity contribution is 0.474. The van der Waals surface area contributed by atoms with Gasteiger partial charge in [-0.2, -0.15) is 0 Å². The van der Waals surface area contributed by atoms with Crippen molar-refractivity contribution < 1.29 is 9.67 Å². The maximum Gasteiger partial charge on any atom is 0.251 e. The van der Waals surface area contributed by atoms with Crippen LogP contribution in [0.4, 0.5) is 0 Å². The van der Waals surface area contributed by atoms with Crippen molar-refractivity contribution in [2.75, 3.05) is 13.3 Å². The molecule has 0 amide bonds. The van der Waals surface area contributed by atoms with Crippen LogP contribution in [-0.4, -0.2) is 29.2 Å². The first-order valence-corrected chi connectivity index (χ1v) is 14.3. The Hall–Kier alpha value is -3.73. The second kappa shape index (κ2) is 8.74. The quantitative estimate of drug-likeness (QED) is 0.390. The first-order valence-electron chi connectivity index (χ1n) is 11.7. The van der Waals surface area contributed by atoms with Crippen LogP contribution in [0.5, 0.6) is 5.75 Å². The predicted molar refractivity (Wildman–Crippen MR) is 148 cm³/mol. The van der Waals surface area contributed by atoms with E-state index < -0.39 is 12.7 Å². The fourth-order valence-corrected chi connectivity index (χ4v) is 5.72. The molecule has 0 fully saturated rings. The number of nitrogens with zero attached hydrogens (tertiary/aromatic N) is 2. The van der Waals surface area contributed by atoms with Crippen molar-refractivity contribution in [2.24, 2.45) is 17.8 Å². The van der Waals surface area contributed by atoms with E-state index in [1.54, 1.807) is 49.3 Å². The largest absolute Gasteiger partial charge is 0.508 e. The molecule has 1 aromatic heterocycles. The number of pyridine rings is 1. The molecule has 2 heterocycles. The van der Waals surface area contributed by atoms with E-state index in [0.29, 0.717) is 6.42 Å². The Balaban J connectivity index is 1.79. The summed E-state index contributed by atoms with van der Waals surface area (Å²) in [6.45, 7) is 3.48. The van der Waals surface area contributed by atoms with Crippen molar-refractivity contribution in [3.63, 3.8) is 0 Å². The molecule has 1 aliphatic heterocycles. The first kappa shape index (κ1) is 24.0. The molecule has 36 heavy (non-hydrogen) atoms. The van der Waals surface area contributed by atoms with Gasteiger partial charge in [0.25, 0.3) is 5.56 Å². The van der Waals surface area contributed by atoms with E-state index in [9.17, 15) is 14.5 Å². The average molecular weight is 498 g/mol. The Bertz CT molecular complexity index is 1660. The number of nitrogens with two attached hydrogens (primary N) is 1. The van der Waals surface area contributed by atoms with Gasteiger partial charge in [-0.1, -0.05) is 36.4 Å².